The molecular formula is C17H25FN2. The lowest BCUT2D eigenvalue weighted by Gasteiger charge is -2.29. The van der Waals surface area contributed by atoms with Crippen LogP contribution in [0.3, 0.4) is 0 Å². The Hall–Kier alpha value is -0.930. The number of benzene rings is 1. The van der Waals surface area contributed by atoms with Crippen molar-refractivity contribution in [2.24, 2.45) is 23.5 Å². The van der Waals surface area contributed by atoms with E-state index < -0.39 is 0 Å². The fourth-order valence-electron chi connectivity index (χ4n) is 4.25. The van der Waals surface area contributed by atoms with Crippen LogP contribution < -0.4 is 5.73 Å². The van der Waals surface area contributed by atoms with Crippen molar-refractivity contribution < 1.29 is 4.39 Å². The molecule has 4 unspecified atom stereocenters. The smallest absolute Gasteiger partial charge is 0.123 e. The van der Waals surface area contributed by atoms with Gasteiger partial charge in [-0.3, -0.25) is 0 Å². The van der Waals surface area contributed by atoms with Crippen LogP contribution in [0, 0.1) is 23.6 Å². The highest BCUT2D eigenvalue weighted by Crippen LogP contribution is 2.48. The molecule has 0 spiro atoms. The van der Waals surface area contributed by atoms with Gasteiger partial charge in [0.05, 0.1) is 0 Å². The van der Waals surface area contributed by atoms with Crippen molar-refractivity contribution in [3.8, 4) is 0 Å². The largest absolute Gasteiger partial charge is 0.323 e. The van der Waals surface area contributed by atoms with Crippen molar-refractivity contribution in [2.45, 2.75) is 31.7 Å². The normalized spacial score (nSPS) is 30.1. The van der Waals surface area contributed by atoms with E-state index in [1.165, 1.54) is 31.7 Å². The molecule has 2 nitrogen and oxygen atoms in total. The Morgan fingerprint density at radius 1 is 1.35 bits per heavy atom. The number of nitrogens with zero attached hydrogens (tertiary/aromatic N) is 1. The third-order valence-corrected chi connectivity index (χ3v) is 5.22. The van der Waals surface area contributed by atoms with Gasteiger partial charge < -0.3 is 10.6 Å². The maximum atomic E-state index is 13.2. The van der Waals surface area contributed by atoms with Gasteiger partial charge in [0.25, 0.3) is 0 Å². The molecule has 2 saturated carbocycles. The molecule has 3 rings (SSSR count). The van der Waals surface area contributed by atoms with Crippen LogP contribution in [-0.4, -0.2) is 25.0 Å². The third-order valence-electron chi connectivity index (χ3n) is 5.22. The highest BCUT2D eigenvalue weighted by molar-refractivity contribution is 5.20. The molecule has 0 radical (unpaired) electrons. The SMILES string of the molecule is CN(CC(N)c1cccc(F)c1)CC1CC2CCC1C2. The Morgan fingerprint density at radius 2 is 2.20 bits per heavy atom. The van der Waals surface area contributed by atoms with E-state index in [9.17, 15) is 4.39 Å². The molecule has 1 aromatic rings. The predicted molar refractivity (Wildman–Crippen MR) is 79.8 cm³/mol. The van der Waals surface area contributed by atoms with Gasteiger partial charge in [-0.05, 0) is 61.8 Å². The monoisotopic (exact) mass is 276 g/mol. The van der Waals surface area contributed by atoms with Crippen LogP contribution in [0.15, 0.2) is 24.3 Å². The molecule has 2 N–H and O–H groups in total. The van der Waals surface area contributed by atoms with Crippen LogP contribution in [0.4, 0.5) is 4.39 Å². The predicted octanol–water partition coefficient (Wildman–Crippen LogP) is 3.19. The summed E-state index contributed by atoms with van der Waals surface area (Å²) in [5.41, 5.74) is 7.10. The average molecular weight is 276 g/mol. The summed E-state index contributed by atoms with van der Waals surface area (Å²) < 4.78 is 13.2. The quantitative estimate of drug-likeness (QED) is 0.895. The highest BCUT2D eigenvalue weighted by atomic mass is 19.1. The van der Waals surface area contributed by atoms with Gasteiger partial charge in [0.15, 0.2) is 0 Å². The van der Waals surface area contributed by atoms with E-state index in [0.717, 1.165) is 36.4 Å². The number of rotatable bonds is 5. The average Bonchev–Trinajstić information content (AvgIpc) is 3.00. The second kappa shape index (κ2) is 5.82. The van der Waals surface area contributed by atoms with Crippen LogP contribution in [0.1, 0.15) is 37.3 Å². The van der Waals surface area contributed by atoms with Crippen LogP contribution in [0.25, 0.3) is 0 Å². The van der Waals surface area contributed by atoms with E-state index in [-0.39, 0.29) is 11.9 Å². The van der Waals surface area contributed by atoms with Crippen LogP contribution in [0.2, 0.25) is 0 Å². The molecule has 110 valence electrons. The zero-order valence-electron chi connectivity index (χ0n) is 12.3. The summed E-state index contributed by atoms with van der Waals surface area (Å²) in [7, 11) is 2.14. The summed E-state index contributed by atoms with van der Waals surface area (Å²) >= 11 is 0. The van der Waals surface area contributed by atoms with Crippen LogP contribution >= 0.6 is 0 Å². The fourth-order valence-corrected chi connectivity index (χ4v) is 4.25. The molecule has 1 aromatic carbocycles. The molecule has 3 heteroatoms. The first-order chi connectivity index (χ1) is 9.61. The zero-order valence-corrected chi connectivity index (χ0v) is 12.3. The maximum absolute atomic E-state index is 13.2. The van der Waals surface area contributed by atoms with Crippen molar-refractivity contribution in [3.63, 3.8) is 0 Å². The molecule has 2 bridgehead atoms. The molecule has 2 aliphatic rings. The van der Waals surface area contributed by atoms with Crippen LogP contribution in [0.5, 0.6) is 0 Å². The van der Waals surface area contributed by atoms with Gasteiger partial charge in [0.1, 0.15) is 5.82 Å². The van der Waals surface area contributed by atoms with E-state index in [1.54, 1.807) is 12.1 Å². The summed E-state index contributed by atoms with van der Waals surface area (Å²) in [4.78, 5) is 2.33. The van der Waals surface area contributed by atoms with Crippen molar-refractivity contribution >= 4 is 0 Å². The van der Waals surface area contributed by atoms with Gasteiger partial charge in [-0.1, -0.05) is 18.6 Å². The number of nitrogens with two attached hydrogens (primary N) is 1. The summed E-state index contributed by atoms with van der Waals surface area (Å²) in [6, 6.07) is 6.57. The van der Waals surface area contributed by atoms with Crippen molar-refractivity contribution in [1.29, 1.82) is 0 Å². The van der Waals surface area contributed by atoms with E-state index >= 15 is 0 Å². The number of fused-ring (bicyclic) bond motifs is 2. The fraction of sp³-hybridized carbons (Fsp3) is 0.647. The third kappa shape index (κ3) is 3.04. The summed E-state index contributed by atoms with van der Waals surface area (Å²) in [5.74, 6) is 2.61. The van der Waals surface area contributed by atoms with Gasteiger partial charge in [-0.2, -0.15) is 0 Å². The molecule has 2 aliphatic carbocycles. The molecule has 0 aromatic heterocycles. The summed E-state index contributed by atoms with van der Waals surface area (Å²) in [6.07, 6.45) is 5.74. The number of hydrogen-bond acceptors (Lipinski definition) is 2. The van der Waals surface area contributed by atoms with Gasteiger partial charge in [-0.25, -0.2) is 4.39 Å². The van der Waals surface area contributed by atoms with Gasteiger partial charge in [-0.15, -0.1) is 0 Å². The Bertz CT molecular complexity index is 462. The first-order valence-electron chi connectivity index (χ1n) is 7.81. The lowest BCUT2D eigenvalue weighted by molar-refractivity contribution is 0.212. The van der Waals surface area contributed by atoms with Crippen molar-refractivity contribution in [2.75, 3.05) is 20.1 Å². The first-order valence-corrected chi connectivity index (χ1v) is 7.81. The van der Waals surface area contributed by atoms with E-state index in [4.69, 9.17) is 5.73 Å². The molecule has 0 saturated heterocycles. The Labute approximate surface area is 121 Å². The lowest BCUT2D eigenvalue weighted by Crippen LogP contribution is -2.34. The number of halogens is 1. The molecular weight excluding hydrogens is 251 g/mol. The van der Waals surface area contributed by atoms with E-state index in [1.807, 2.05) is 6.07 Å². The topological polar surface area (TPSA) is 29.3 Å². The highest BCUT2D eigenvalue weighted by Gasteiger charge is 2.39. The van der Waals surface area contributed by atoms with Crippen molar-refractivity contribution in [3.05, 3.63) is 35.6 Å². The van der Waals surface area contributed by atoms with E-state index in [2.05, 4.69) is 11.9 Å². The lowest BCUT2D eigenvalue weighted by atomic mass is 9.88. The summed E-state index contributed by atoms with van der Waals surface area (Å²) in [5, 5.41) is 0. The van der Waals surface area contributed by atoms with Crippen LogP contribution in [-0.2, 0) is 0 Å². The Kier molecular flexibility index (Phi) is 4.08. The second-order valence-corrected chi connectivity index (χ2v) is 6.82. The second-order valence-electron chi connectivity index (χ2n) is 6.82. The zero-order chi connectivity index (χ0) is 14.1. The molecule has 0 aliphatic heterocycles. The molecule has 2 fully saturated rings. The molecule has 20 heavy (non-hydrogen) atoms. The Balaban J connectivity index is 1.52. The molecule has 0 heterocycles. The van der Waals surface area contributed by atoms with Gasteiger partial charge >= 0.3 is 0 Å². The summed E-state index contributed by atoms with van der Waals surface area (Å²) in [6.45, 7) is 1.95. The minimum Gasteiger partial charge on any atom is -0.323 e. The van der Waals surface area contributed by atoms with Crippen molar-refractivity contribution in [1.82, 2.24) is 4.90 Å². The molecule has 0 amide bonds. The standard InChI is InChI=1S/C17H25FN2/c1-20(10-15-8-12-5-6-13(15)7-12)11-17(19)14-3-2-4-16(18)9-14/h2-4,9,12-13,15,17H,5-8,10-11,19H2,1H3. The Morgan fingerprint density at radius 3 is 2.85 bits per heavy atom. The number of hydrogen-bond donors (Lipinski definition) is 1. The van der Waals surface area contributed by atoms with E-state index in [0.29, 0.717) is 0 Å². The molecule has 4 atom stereocenters. The minimum absolute atomic E-state index is 0.103. The van der Waals surface area contributed by atoms with Gasteiger partial charge in [0.2, 0.25) is 0 Å². The number of likely N-dealkylation sites (N-methyl/N-ethyl adjacent to an activating group) is 1. The maximum Gasteiger partial charge on any atom is 0.123 e. The van der Waals surface area contributed by atoms with Gasteiger partial charge in [0, 0.05) is 19.1 Å². The first kappa shape index (κ1) is 14.0. The minimum atomic E-state index is -0.200.